The van der Waals surface area contributed by atoms with Crippen LogP contribution in [0.4, 0.5) is 4.39 Å². The van der Waals surface area contributed by atoms with E-state index in [0.717, 1.165) is 27.9 Å². The number of rotatable bonds is 8. The van der Waals surface area contributed by atoms with E-state index in [-0.39, 0.29) is 22.0 Å². The third kappa shape index (κ3) is 6.04. The monoisotopic (exact) mass is 536 g/mol. The fraction of sp³-hybridized carbons (Fsp3) is 0.172. The van der Waals surface area contributed by atoms with Crippen LogP contribution in [0.15, 0.2) is 84.2 Å². The maximum Gasteiger partial charge on any atom is 0.339 e. The molecule has 0 saturated carbocycles. The molecule has 0 spiro atoms. The summed E-state index contributed by atoms with van der Waals surface area (Å²) in [4.78, 5) is 27.9. The van der Waals surface area contributed by atoms with E-state index in [1.807, 2.05) is 37.3 Å². The van der Waals surface area contributed by atoms with Crippen molar-refractivity contribution in [2.24, 2.45) is 5.18 Å². The molecule has 1 heterocycles. The number of benzene rings is 3. The summed E-state index contributed by atoms with van der Waals surface area (Å²) in [6, 6.07) is 20.0. The van der Waals surface area contributed by atoms with Crippen LogP contribution in [0.1, 0.15) is 51.1 Å². The number of aromatic nitrogens is 1. The summed E-state index contributed by atoms with van der Waals surface area (Å²) in [6.07, 6.45) is 1.89. The highest BCUT2D eigenvalue weighted by Crippen LogP contribution is 2.38. The normalized spacial score (nSPS) is 12.6. The average Bonchev–Trinajstić information content (AvgIpc) is 2.89. The third-order valence-electron chi connectivity index (χ3n) is 6.25. The van der Waals surface area contributed by atoms with Crippen molar-refractivity contribution in [1.29, 1.82) is 0 Å². The van der Waals surface area contributed by atoms with Gasteiger partial charge in [-0.3, -0.25) is 4.98 Å². The SMILES string of the molecule is COC(=O)c1ccc(-c2ccc(C(CC(N=O)c3ccnc(C)c3)c3ccc(Cl)cc3F)cc2)cc1Cl. The van der Waals surface area contributed by atoms with Gasteiger partial charge in [-0.15, -0.1) is 0 Å². The van der Waals surface area contributed by atoms with Gasteiger partial charge in [0, 0.05) is 22.8 Å². The molecule has 188 valence electrons. The summed E-state index contributed by atoms with van der Waals surface area (Å²) >= 11 is 12.3. The molecule has 0 aliphatic heterocycles. The minimum Gasteiger partial charge on any atom is -0.465 e. The van der Waals surface area contributed by atoms with E-state index in [9.17, 15) is 9.70 Å². The van der Waals surface area contributed by atoms with Crippen molar-refractivity contribution in [3.05, 3.63) is 128 Å². The van der Waals surface area contributed by atoms with Gasteiger partial charge in [-0.2, -0.15) is 4.91 Å². The van der Waals surface area contributed by atoms with Gasteiger partial charge < -0.3 is 4.74 Å². The molecular formula is C29H23Cl2FN2O3. The summed E-state index contributed by atoms with van der Waals surface area (Å²) in [5.74, 6) is -1.43. The summed E-state index contributed by atoms with van der Waals surface area (Å²) < 4.78 is 19.8. The van der Waals surface area contributed by atoms with Gasteiger partial charge >= 0.3 is 5.97 Å². The maximum absolute atomic E-state index is 15.1. The second-order valence-corrected chi connectivity index (χ2v) is 9.46. The maximum atomic E-state index is 15.1. The molecule has 1 aromatic heterocycles. The number of hydrogen-bond donors (Lipinski definition) is 0. The van der Waals surface area contributed by atoms with Crippen molar-refractivity contribution in [1.82, 2.24) is 4.98 Å². The highest BCUT2D eigenvalue weighted by molar-refractivity contribution is 6.33. The highest BCUT2D eigenvalue weighted by atomic mass is 35.5. The molecule has 0 aliphatic carbocycles. The smallest absolute Gasteiger partial charge is 0.339 e. The lowest BCUT2D eigenvalue weighted by Gasteiger charge is -2.22. The van der Waals surface area contributed by atoms with Crippen molar-refractivity contribution in [2.45, 2.75) is 25.3 Å². The van der Waals surface area contributed by atoms with Crippen molar-refractivity contribution >= 4 is 29.2 Å². The molecule has 0 bridgehead atoms. The van der Waals surface area contributed by atoms with Crippen molar-refractivity contribution < 1.29 is 13.9 Å². The second kappa shape index (κ2) is 11.6. The number of hydrogen-bond acceptors (Lipinski definition) is 5. The fourth-order valence-corrected chi connectivity index (χ4v) is 4.76. The molecule has 0 radical (unpaired) electrons. The molecule has 0 saturated heterocycles. The minimum absolute atomic E-state index is 0.254. The molecule has 0 amide bonds. The van der Waals surface area contributed by atoms with Gasteiger partial charge in [0.1, 0.15) is 11.9 Å². The van der Waals surface area contributed by atoms with E-state index in [0.29, 0.717) is 5.56 Å². The van der Waals surface area contributed by atoms with Crippen molar-refractivity contribution in [2.75, 3.05) is 7.11 Å². The van der Waals surface area contributed by atoms with Crippen LogP contribution in [0.2, 0.25) is 10.0 Å². The molecule has 2 atom stereocenters. The first-order chi connectivity index (χ1) is 17.8. The fourth-order valence-electron chi connectivity index (χ4n) is 4.34. The second-order valence-electron chi connectivity index (χ2n) is 8.61. The Labute approximate surface area is 224 Å². The average molecular weight is 537 g/mol. The number of nitroso groups, excluding NO2 is 1. The first-order valence-electron chi connectivity index (χ1n) is 11.5. The Hall–Kier alpha value is -3.61. The molecule has 37 heavy (non-hydrogen) atoms. The van der Waals surface area contributed by atoms with Gasteiger partial charge in [-0.1, -0.05) is 64.8 Å². The van der Waals surface area contributed by atoms with Gasteiger partial charge in [-0.25, -0.2) is 9.18 Å². The molecule has 0 aliphatic rings. The van der Waals surface area contributed by atoms with Crippen LogP contribution in [0, 0.1) is 17.6 Å². The summed E-state index contributed by atoms with van der Waals surface area (Å²) in [5.41, 5.74) is 4.65. The molecular weight excluding hydrogens is 514 g/mol. The zero-order chi connectivity index (χ0) is 26.5. The van der Waals surface area contributed by atoms with Crippen LogP contribution in [0.5, 0.6) is 0 Å². The number of esters is 1. The van der Waals surface area contributed by atoms with E-state index in [1.54, 1.807) is 42.6 Å². The Morgan fingerprint density at radius 3 is 2.32 bits per heavy atom. The van der Waals surface area contributed by atoms with Crippen molar-refractivity contribution in [3.8, 4) is 11.1 Å². The van der Waals surface area contributed by atoms with Crippen LogP contribution >= 0.6 is 23.2 Å². The Bertz CT molecular complexity index is 1440. The standard InChI is InChI=1S/C29H23Cl2FN2O3/c1-17-13-21(11-12-33-17)28(34-36)16-25(23-10-8-22(30)15-27(23)32)19-5-3-18(4-6-19)20-7-9-24(26(31)14-20)29(35)37-2/h3-15,25,28H,16H2,1-2H3. The Morgan fingerprint density at radius 2 is 1.70 bits per heavy atom. The van der Waals surface area contributed by atoms with Crippen LogP contribution in [-0.2, 0) is 4.74 Å². The van der Waals surface area contributed by atoms with Gasteiger partial charge in [0.2, 0.25) is 0 Å². The Kier molecular flexibility index (Phi) is 8.31. The highest BCUT2D eigenvalue weighted by Gasteiger charge is 2.25. The molecule has 5 nitrogen and oxygen atoms in total. The topological polar surface area (TPSA) is 68.6 Å². The van der Waals surface area contributed by atoms with E-state index in [2.05, 4.69) is 10.2 Å². The summed E-state index contributed by atoms with van der Waals surface area (Å²) in [6.45, 7) is 1.84. The van der Waals surface area contributed by atoms with Gasteiger partial charge in [0.25, 0.3) is 0 Å². The number of carbonyl (C=O) groups is 1. The lowest BCUT2D eigenvalue weighted by atomic mass is 9.83. The number of carbonyl (C=O) groups excluding carboxylic acids is 1. The van der Waals surface area contributed by atoms with E-state index in [1.165, 1.54) is 13.2 Å². The van der Waals surface area contributed by atoms with E-state index in [4.69, 9.17) is 27.9 Å². The third-order valence-corrected chi connectivity index (χ3v) is 6.80. The minimum atomic E-state index is -0.703. The largest absolute Gasteiger partial charge is 0.465 e. The van der Waals surface area contributed by atoms with Crippen molar-refractivity contribution in [3.63, 3.8) is 0 Å². The molecule has 4 rings (SSSR count). The number of aryl methyl sites for hydroxylation is 1. The molecule has 2 unspecified atom stereocenters. The summed E-state index contributed by atoms with van der Waals surface area (Å²) in [7, 11) is 1.30. The number of methoxy groups -OCH3 is 1. The van der Waals surface area contributed by atoms with Gasteiger partial charge in [0.15, 0.2) is 0 Å². The first kappa shape index (κ1) is 26.5. The summed E-state index contributed by atoms with van der Waals surface area (Å²) in [5, 5.41) is 3.93. The number of ether oxygens (including phenoxy) is 1. The number of nitrogens with zero attached hydrogens (tertiary/aromatic N) is 2. The van der Waals surface area contributed by atoms with Crippen LogP contribution in [-0.4, -0.2) is 18.1 Å². The Balaban J connectivity index is 1.71. The lowest BCUT2D eigenvalue weighted by Crippen LogP contribution is -2.09. The van der Waals surface area contributed by atoms with E-state index >= 15 is 4.39 Å². The zero-order valence-corrected chi connectivity index (χ0v) is 21.6. The molecule has 8 heteroatoms. The van der Waals surface area contributed by atoms with Gasteiger partial charge in [0.05, 0.1) is 17.7 Å². The Morgan fingerprint density at radius 1 is 0.973 bits per heavy atom. The molecule has 3 aromatic carbocycles. The predicted molar refractivity (Wildman–Crippen MR) is 144 cm³/mol. The quantitative estimate of drug-likeness (QED) is 0.167. The van der Waals surface area contributed by atoms with Gasteiger partial charge in [-0.05, 0) is 77.6 Å². The van der Waals surface area contributed by atoms with E-state index < -0.39 is 23.7 Å². The zero-order valence-electron chi connectivity index (χ0n) is 20.1. The predicted octanol–water partition coefficient (Wildman–Crippen LogP) is 8.32. The first-order valence-corrected chi connectivity index (χ1v) is 12.2. The van der Waals surface area contributed by atoms with Crippen LogP contribution < -0.4 is 0 Å². The number of halogens is 3. The molecule has 0 N–H and O–H groups in total. The molecule has 4 aromatic rings. The lowest BCUT2D eigenvalue weighted by molar-refractivity contribution is 0.0601. The van der Waals surface area contributed by atoms with Crippen LogP contribution in [0.3, 0.4) is 0 Å². The molecule has 0 fully saturated rings. The number of pyridine rings is 1. The van der Waals surface area contributed by atoms with Crippen LogP contribution in [0.25, 0.3) is 11.1 Å².